The van der Waals surface area contributed by atoms with Crippen LogP contribution in [-0.2, 0) is 16.2 Å². The molecule has 7 heteroatoms. The Morgan fingerprint density at radius 2 is 2.04 bits per heavy atom. The first-order valence-corrected chi connectivity index (χ1v) is 8.91. The first-order valence-electron chi connectivity index (χ1n) is 7.74. The molecule has 0 aliphatic heterocycles. The van der Waals surface area contributed by atoms with E-state index < -0.39 is 17.9 Å². The normalized spacial score (nSPS) is 12.0. The SMILES string of the molecule is CC(NC(=O)/C=C/c1cc(Br)ccc1OCc1ccccc1Cl)C(=O)O. The molecular weight excluding hydrogens is 422 g/mol. The predicted molar refractivity (Wildman–Crippen MR) is 104 cm³/mol. The van der Waals surface area contributed by atoms with Gasteiger partial charge in [0.05, 0.1) is 0 Å². The monoisotopic (exact) mass is 437 g/mol. The summed E-state index contributed by atoms with van der Waals surface area (Å²) in [4.78, 5) is 22.6. The zero-order valence-corrected chi connectivity index (χ0v) is 16.3. The minimum atomic E-state index is -1.10. The number of hydrogen-bond acceptors (Lipinski definition) is 3. The third-order valence-corrected chi connectivity index (χ3v) is 4.32. The van der Waals surface area contributed by atoms with Crippen molar-refractivity contribution in [2.45, 2.75) is 19.6 Å². The average molecular weight is 439 g/mol. The van der Waals surface area contributed by atoms with Gasteiger partial charge in [-0.3, -0.25) is 9.59 Å². The summed E-state index contributed by atoms with van der Waals surface area (Å²) in [6, 6.07) is 11.8. The number of carboxylic acid groups (broad SMARTS) is 1. The number of ether oxygens (including phenoxy) is 1. The molecule has 1 atom stereocenters. The predicted octanol–water partition coefficient (Wildman–Crippen LogP) is 4.28. The second-order valence-corrected chi connectivity index (χ2v) is 6.79. The van der Waals surface area contributed by atoms with Crippen molar-refractivity contribution >= 4 is 45.5 Å². The van der Waals surface area contributed by atoms with Crippen LogP contribution in [0.2, 0.25) is 5.02 Å². The van der Waals surface area contributed by atoms with E-state index in [0.29, 0.717) is 16.3 Å². The molecule has 0 saturated heterocycles. The summed E-state index contributed by atoms with van der Waals surface area (Å²) in [7, 11) is 0. The van der Waals surface area contributed by atoms with Crippen LogP contribution < -0.4 is 10.1 Å². The molecule has 26 heavy (non-hydrogen) atoms. The van der Waals surface area contributed by atoms with E-state index in [9.17, 15) is 9.59 Å². The lowest BCUT2D eigenvalue weighted by molar-refractivity contribution is -0.140. The Labute approximate surface area is 164 Å². The number of amides is 1. The summed E-state index contributed by atoms with van der Waals surface area (Å²) in [5.74, 6) is -1.03. The first kappa shape index (κ1) is 20.0. The molecule has 0 heterocycles. The number of carbonyl (C=O) groups is 2. The quantitative estimate of drug-likeness (QED) is 0.633. The molecule has 1 amide bonds. The van der Waals surface area contributed by atoms with Crippen molar-refractivity contribution in [1.82, 2.24) is 5.32 Å². The van der Waals surface area contributed by atoms with E-state index >= 15 is 0 Å². The maximum absolute atomic E-state index is 11.8. The second kappa shape index (κ2) is 9.40. The summed E-state index contributed by atoms with van der Waals surface area (Å²) in [5, 5.41) is 11.8. The molecule has 0 spiro atoms. The van der Waals surface area contributed by atoms with Crippen LogP contribution in [0.3, 0.4) is 0 Å². The molecular formula is C19H17BrClNO4. The number of carbonyl (C=O) groups excluding carboxylic acids is 1. The number of aliphatic carboxylic acids is 1. The summed E-state index contributed by atoms with van der Waals surface area (Å²) >= 11 is 9.51. The number of halogens is 2. The van der Waals surface area contributed by atoms with Crippen molar-refractivity contribution in [3.8, 4) is 5.75 Å². The van der Waals surface area contributed by atoms with Crippen LogP contribution in [0.25, 0.3) is 6.08 Å². The molecule has 0 aliphatic rings. The number of nitrogens with one attached hydrogen (secondary N) is 1. The van der Waals surface area contributed by atoms with Crippen LogP contribution in [0.1, 0.15) is 18.1 Å². The Morgan fingerprint density at radius 1 is 1.31 bits per heavy atom. The van der Waals surface area contributed by atoms with Crippen molar-refractivity contribution in [3.05, 3.63) is 69.2 Å². The Hall–Kier alpha value is -2.31. The molecule has 5 nitrogen and oxygen atoms in total. The largest absolute Gasteiger partial charge is 0.488 e. The second-order valence-electron chi connectivity index (χ2n) is 5.46. The zero-order valence-electron chi connectivity index (χ0n) is 13.9. The van der Waals surface area contributed by atoms with Gasteiger partial charge in [0.15, 0.2) is 0 Å². The Bertz CT molecular complexity index is 838. The molecule has 0 bridgehead atoms. The molecule has 2 rings (SSSR count). The van der Waals surface area contributed by atoms with Crippen molar-refractivity contribution in [3.63, 3.8) is 0 Å². The van der Waals surface area contributed by atoms with Gasteiger partial charge in [-0.25, -0.2) is 0 Å². The minimum absolute atomic E-state index is 0.282. The van der Waals surface area contributed by atoms with E-state index in [1.54, 1.807) is 24.3 Å². The van der Waals surface area contributed by atoms with Gasteiger partial charge >= 0.3 is 5.97 Å². The van der Waals surface area contributed by atoms with Crippen molar-refractivity contribution in [2.75, 3.05) is 0 Å². The lowest BCUT2D eigenvalue weighted by Crippen LogP contribution is -2.37. The van der Waals surface area contributed by atoms with Gasteiger partial charge in [-0.1, -0.05) is 45.7 Å². The summed E-state index contributed by atoms with van der Waals surface area (Å²) in [6.45, 7) is 1.68. The van der Waals surface area contributed by atoms with Gasteiger partial charge in [0.25, 0.3) is 0 Å². The Balaban J connectivity index is 2.12. The molecule has 0 aromatic heterocycles. The zero-order chi connectivity index (χ0) is 19.1. The highest BCUT2D eigenvalue weighted by Gasteiger charge is 2.12. The van der Waals surface area contributed by atoms with Crippen LogP contribution in [0.5, 0.6) is 5.75 Å². The average Bonchev–Trinajstić information content (AvgIpc) is 2.60. The summed E-state index contributed by atoms with van der Waals surface area (Å²) in [5.41, 5.74) is 1.52. The van der Waals surface area contributed by atoms with Crippen LogP contribution in [0.15, 0.2) is 53.0 Å². The lowest BCUT2D eigenvalue weighted by atomic mass is 10.1. The van der Waals surface area contributed by atoms with Crippen molar-refractivity contribution in [1.29, 1.82) is 0 Å². The number of rotatable bonds is 7. The smallest absolute Gasteiger partial charge is 0.325 e. The van der Waals surface area contributed by atoms with Gasteiger partial charge in [0.1, 0.15) is 18.4 Å². The fraction of sp³-hybridized carbons (Fsp3) is 0.158. The van der Waals surface area contributed by atoms with Crippen LogP contribution >= 0.6 is 27.5 Å². The molecule has 0 fully saturated rings. The minimum Gasteiger partial charge on any atom is -0.488 e. The van der Waals surface area contributed by atoms with Crippen molar-refractivity contribution in [2.24, 2.45) is 0 Å². The van der Waals surface area contributed by atoms with E-state index in [1.165, 1.54) is 13.0 Å². The molecule has 0 saturated carbocycles. The lowest BCUT2D eigenvalue weighted by Gasteiger charge is -2.11. The van der Waals surface area contributed by atoms with Gasteiger partial charge in [-0.2, -0.15) is 0 Å². The van der Waals surface area contributed by atoms with E-state index in [0.717, 1.165) is 10.0 Å². The Kier molecular flexibility index (Phi) is 7.24. The van der Waals surface area contributed by atoms with Gasteiger partial charge in [0.2, 0.25) is 5.91 Å². The highest BCUT2D eigenvalue weighted by atomic mass is 79.9. The number of hydrogen-bond donors (Lipinski definition) is 2. The number of benzene rings is 2. The van der Waals surface area contributed by atoms with Gasteiger partial charge in [-0.15, -0.1) is 0 Å². The summed E-state index contributed by atoms with van der Waals surface area (Å²) in [6.07, 6.45) is 2.83. The van der Waals surface area contributed by atoms with E-state index in [4.69, 9.17) is 21.4 Å². The van der Waals surface area contributed by atoms with E-state index in [1.807, 2.05) is 24.3 Å². The van der Waals surface area contributed by atoms with Gasteiger partial charge < -0.3 is 15.2 Å². The molecule has 0 radical (unpaired) electrons. The van der Waals surface area contributed by atoms with Crippen LogP contribution in [0.4, 0.5) is 0 Å². The molecule has 2 aromatic carbocycles. The molecule has 2 N–H and O–H groups in total. The van der Waals surface area contributed by atoms with E-state index in [-0.39, 0.29) is 6.61 Å². The molecule has 136 valence electrons. The van der Waals surface area contributed by atoms with Crippen LogP contribution in [-0.4, -0.2) is 23.0 Å². The molecule has 1 unspecified atom stereocenters. The highest BCUT2D eigenvalue weighted by molar-refractivity contribution is 9.10. The number of carboxylic acids is 1. The first-order chi connectivity index (χ1) is 12.4. The summed E-state index contributed by atoms with van der Waals surface area (Å²) < 4.78 is 6.65. The molecule has 2 aromatic rings. The highest BCUT2D eigenvalue weighted by Crippen LogP contribution is 2.26. The fourth-order valence-electron chi connectivity index (χ4n) is 2.04. The molecule has 0 aliphatic carbocycles. The van der Waals surface area contributed by atoms with Crippen molar-refractivity contribution < 1.29 is 19.4 Å². The maximum Gasteiger partial charge on any atom is 0.325 e. The third-order valence-electron chi connectivity index (χ3n) is 3.46. The standard InChI is InChI=1S/C19H17BrClNO4/c1-12(19(24)25)22-18(23)9-6-13-10-15(20)7-8-17(13)26-11-14-4-2-3-5-16(14)21/h2-10,12H,11H2,1H3,(H,22,23)(H,24,25)/b9-6+. The fourth-order valence-corrected chi connectivity index (χ4v) is 2.61. The topological polar surface area (TPSA) is 75.6 Å². The van der Waals surface area contributed by atoms with Crippen LogP contribution in [0, 0.1) is 0 Å². The third kappa shape index (κ3) is 5.89. The maximum atomic E-state index is 11.8. The van der Waals surface area contributed by atoms with Gasteiger partial charge in [0, 0.05) is 26.7 Å². The van der Waals surface area contributed by atoms with Gasteiger partial charge in [-0.05, 0) is 37.3 Å². The van der Waals surface area contributed by atoms with E-state index in [2.05, 4.69) is 21.2 Å². The Morgan fingerprint density at radius 3 is 2.73 bits per heavy atom.